The third-order valence-corrected chi connectivity index (χ3v) is 5.11. The van der Waals surface area contributed by atoms with Crippen LogP contribution >= 0.6 is 24.0 Å². The number of thiocarbonyl (C=S) groups is 1. The van der Waals surface area contributed by atoms with Crippen LogP contribution in [0.15, 0.2) is 18.2 Å². The Kier molecular flexibility index (Phi) is 5.88. The lowest BCUT2D eigenvalue weighted by Gasteiger charge is -2.30. The molecule has 0 spiro atoms. The largest absolute Gasteiger partial charge is 0.388 e. The van der Waals surface area contributed by atoms with Crippen molar-refractivity contribution in [1.82, 2.24) is 4.98 Å². The fraction of sp³-hybridized carbons (Fsp3) is 0.538. The minimum Gasteiger partial charge on any atom is -0.388 e. The third-order valence-electron chi connectivity index (χ3n) is 3.31. The zero-order valence-electron chi connectivity index (χ0n) is 11.2. The predicted molar refractivity (Wildman–Crippen MR) is 85.4 cm³/mol. The Labute approximate surface area is 119 Å². The first-order chi connectivity index (χ1) is 8.56. The van der Waals surface area contributed by atoms with Crippen LogP contribution in [0.2, 0.25) is 0 Å². The number of thioether (sulfide) groups is 1. The third kappa shape index (κ3) is 3.85. The molecule has 5 heteroatoms. The Balaban J connectivity index is 2.73. The molecule has 0 aliphatic heterocycles. The SMILES string of the molecule is CCC(CC)(CNc1cccc(C(N)=S)n1)SC. The first-order valence-corrected chi connectivity index (χ1v) is 7.76. The summed E-state index contributed by atoms with van der Waals surface area (Å²) in [6, 6.07) is 5.69. The normalized spacial score (nSPS) is 11.3. The number of hydrogen-bond donors (Lipinski definition) is 2. The number of anilines is 1. The van der Waals surface area contributed by atoms with E-state index in [9.17, 15) is 0 Å². The number of nitrogens with two attached hydrogens (primary N) is 1. The molecule has 100 valence electrons. The highest BCUT2D eigenvalue weighted by Gasteiger charge is 2.24. The summed E-state index contributed by atoms with van der Waals surface area (Å²) < 4.78 is 0.265. The average molecular weight is 283 g/mol. The highest BCUT2D eigenvalue weighted by Crippen LogP contribution is 2.30. The lowest BCUT2D eigenvalue weighted by atomic mass is 10.0. The summed E-state index contributed by atoms with van der Waals surface area (Å²) in [5.74, 6) is 0.834. The molecule has 1 heterocycles. The molecule has 0 aromatic carbocycles. The van der Waals surface area contributed by atoms with Crippen LogP contribution in [0.25, 0.3) is 0 Å². The van der Waals surface area contributed by atoms with Gasteiger partial charge in [0.2, 0.25) is 0 Å². The number of pyridine rings is 1. The van der Waals surface area contributed by atoms with E-state index in [1.807, 2.05) is 30.0 Å². The number of rotatable bonds is 7. The van der Waals surface area contributed by atoms with Gasteiger partial charge in [-0.2, -0.15) is 11.8 Å². The van der Waals surface area contributed by atoms with Crippen molar-refractivity contribution in [3.8, 4) is 0 Å². The van der Waals surface area contributed by atoms with Gasteiger partial charge in [0.25, 0.3) is 0 Å². The van der Waals surface area contributed by atoms with Crippen LogP contribution in [0.1, 0.15) is 32.4 Å². The van der Waals surface area contributed by atoms with Crippen molar-refractivity contribution < 1.29 is 0 Å². The average Bonchev–Trinajstić information content (AvgIpc) is 2.41. The minimum absolute atomic E-state index is 0.265. The van der Waals surface area contributed by atoms with Crippen LogP contribution in [0, 0.1) is 0 Å². The summed E-state index contributed by atoms with van der Waals surface area (Å²) in [7, 11) is 0. The molecular formula is C13H21N3S2. The van der Waals surface area contributed by atoms with Gasteiger partial charge in [-0.3, -0.25) is 0 Å². The van der Waals surface area contributed by atoms with Crippen molar-refractivity contribution in [3.63, 3.8) is 0 Å². The first kappa shape index (κ1) is 15.2. The van der Waals surface area contributed by atoms with E-state index in [4.69, 9.17) is 18.0 Å². The van der Waals surface area contributed by atoms with E-state index in [0.717, 1.165) is 25.2 Å². The van der Waals surface area contributed by atoms with Gasteiger partial charge in [-0.15, -0.1) is 0 Å². The van der Waals surface area contributed by atoms with E-state index in [2.05, 4.69) is 30.4 Å². The van der Waals surface area contributed by atoms with Crippen molar-refractivity contribution >= 4 is 34.8 Å². The van der Waals surface area contributed by atoms with E-state index in [0.29, 0.717) is 10.7 Å². The second-order valence-corrected chi connectivity index (χ2v) is 5.93. The summed E-state index contributed by atoms with van der Waals surface area (Å²) in [5.41, 5.74) is 6.24. The molecule has 0 bridgehead atoms. The summed E-state index contributed by atoms with van der Waals surface area (Å²) >= 11 is 6.84. The fourth-order valence-corrected chi connectivity index (χ4v) is 2.69. The van der Waals surface area contributed by atoms with Crippen LogP contribution in [0.4, 0.5) is 5.82 Å². The van der Waals surface area contributed by atoms with Crippen LogP contribution in [0.3, 0.4) is 0 Å². The predicted octanol–water partition coefficient (Wildman–Crippen LogP) is 3.05. The summed E-state index contributed by atoms with van der Waals surface area (Å²) in [6.45, 7) is 5.34. The van der Waals surface area contributed by atoms with E-state index < -0.39 is 0 Å². The molecule has 0 aliphatic carbocycles. The van der Waals surface area contributed by atoms with Crippen molar-refractivity contribution in [2.75, 3.05) is 18.1 Å². The molecule has 18 heavy (non-hydrogen) atoms. The molecule has 1 rings (SSSR count). The lowest BCUT2D eigenvalue weighted by Crippen LogP contribution is -2.32. The minimum atomic E-state index is 0.265. The molecule has 0 amide bonds. The number of aromatic nitrogens is 1. The molecule has 3 N–H and O–H groups in total. The molecule has 0 unspecified atom stereocenters. The molecule has 0 aliphatic rings. The first-order valence-electron chi connectivity index (χ1n) is 6.12. The monoisotopic (exact) mass is 283 g/mol. The Hall–Kier alpha value is -0.810. The van der Waals surface area contributed by atoms with Crippen LogP contribution < -0.4 is 11.1 Å². The van der Waals surface area contributed by atoms with Crippen LogP contribution in [-0.4, -0.2) is 27.5 Å². The van der Waals surface area contributed by atoms with Crippen LogP contribution in [-0.2, 0) is 0 Å². The smallest absolute Gasteiger partial charge is 0.126 e. The van der Waals surface area contributed by atoms with Gasteiger partial charge in [-0.05, 0) is 31.2 Å². The number of hydrogen-bond acceptors (Lipinski definition) is 4. The van der Waals surface area contributed by atoms with E-state index in [1.165, 1.54) is 0 Å². The highest BCUT2D eigenvalue weighted by atomic mass is 32.2. The fourth-order valence-electron chi connectivity index (χ4n) is 1.78. The van der Waals surface area contributed by atoms with Gasteiger partial charge in [0.15, 0.2) is 0 Å². The molecule has 0 atom stereocenters. The highest BCUT2D eigenvalue weighted by molar-refractivity contribution is 8.00. The van der Waals surface area contributed by atoms with Gasteiger partial charge in [0, 0.05) is 11.3 Å². The Morgan fingerprint density at radius 1 is 1.44 bits per heavy atom. The van der Waals surface area contributed by atoms with E-state index >= 15 is 0 Å². The van der Waals surface area contributed by atoms with Gasteiger partial charge in [0.05, 0.1) is 5.69 Å². The maximum atomic E-state index is 5.58. The number of nitrogens with zero attached hydrogens (tertiary/aromatic N) is 1. The van der Waals surface area contributed by atoms with Gasteiger partial charge in [-0.25, -0.2) is 4.98 Å². The molecule has 0 fully saturated rings. The zero-order chi connectivity index (χ0) is 13.6. The van der Waals surface area contributed by atoms with Gasteiger partial charge < -0.3 is 11.1 Å². The van der Waals surface area contributed by atoms with Crippen molar-refractivity contribution in [3.05, 3.63) is 23.9 Å². The second kappa shape index (κ2) is 6.95. The summed E-state index contributed by atoms with van der Waals surface area (Å²) in [4.78, 5) is 4.73. The Bertz CT molecular complexity index is 395. The maximum Gasteiger partial charge on any atom is 0.126 e. The summed E-state index contributed by atoms with van der Waals surface area (Å²) in [6.07, 6.45) is 4.42. The quantitative estimate of drug-likeness (QED) is 0.753. The van der Waals surface area contributed by atoms with Gasteiger partial charge >= 0.3 is 0 Å². The van der Waals surface area contributed by atoms with Gasteiger partial charge in [-0.1, -0.05) is 32.1 Å². The second-order valence-electron chi connectivity index (χ2n) is 4.22. The lowest BCUT2D eigenvalue weighted by molar-refractivity contribution is 0.574. The van der Waals surface area contributed by atoms with Crippen molar-refractivity contribution in [2.45, 2.75) is 31.4 Å². The van der Waals surface area contributed by atoms with E-state index in [-0.39, 0.29) is 4.75 Å². The molecule has 1 aromatic heterocycles. The molecule has 0 saturated carbocycles. The van der Waals surface area contributed by atoms with Crippen LogP contribution in [0.5, 0.6) is 0 Å². The topological polar surface area (TPSA) is 50.9 Å². The zero-order valence-corrected chi connectivity index (χ0v) is 12.8. The summed E-state index contributed by atoms with van der Waals surface area (Å²) in [5, 5.41) is 3.39. The Morgan fingerprint density at radius 2 is 2.11 bits per heavy atom. The molecular weight excluding hydrogens is 262 g/mol. The molecule has 1 aromatic rings. The Morgan fingerprint density at radius 3 is 2.61 bits per heavy atom. The standard InChI is InChI=1S/C13H21N3S2/c1-4-13(5-2,18-3)9-15-11-8-6-7-10(16-11)12(14)17/h6-8H,4-5,9H2,1-3H3,(H2,14,17)(H,15,16). The maximum absolute atomic E-state index is 5.58. The molecule has 0 radical (unpaired) electrons. The molecule has 3 nitrogen and oxygen atoms in total. The van der Waals surface area contributed by atoms with Crippen molar-refractivity contribution in [2.24, 2.45) is 5.73 Å². The number of nitrogens with one attached hydrogen (secondary N) is 1. The molecule has 0 saturated heterocycles. The van der Waals surface area contributed by atoms with E-state index in [1.54, 1.807) is 0 Å². The van der Waals surface area contributed by atoms with Crippen molar-refractivity contribution in [1.29, 1.82) is 0 Å². The van der Waals surface area contributed by atoms with Gasteiger partial charge in [0.1, 0.15) is 10.8 Å².